The van der Waals surface area contributed by atoms with Gasteiger partial charge < -0.3 is 15.4 Å². The highest BCUT2D eigenvalue weighted by atomic mass is 32.1. The van der Waals surface area contributed by atoms with E-state index < -0.39 is 0 Å². The molecular formula is C24H23N3O3S. The van der Waals surface area contributed by atoms with Crippen LogP contribution in [0.15, 0.2) is 66.7 Å². The Bertz CT molecular complexity index is 1130. The van der Waals surface area contributed by atoms with E-state index in [-0.39, 0.29) is 16.9 Å². The van der Waals surface area contributed by atoms with Crippen LogP contribution in [0.5, 0.6) is 5.75 Å². The van der Waals surface area contributed by atoms with E-state index in [4.69, 9.17) is 17.0 Å². The Morgan fingerprint density at radius 2 is 1.48 bits per heavy atom. The number of hydrogen-bond donors (Lipinski definition) is 3. The second-order valence-corrected chi connectivity index (χ2v) is 7.37. The van der Waals surface area contributed by atoms with E-state index in [9.17, 15) is 9.59 Å². The van der Waals surface area contributed by atoms with E-state index >= 15 is 0 Å². The zero-order valence-corrected chi connectivity index (χ0v) is 18.3. The van der Waals surface area contributed by atoms with Crippen molar-refractivity contribution >= 4 is 40.5 Å². The summed E-state index contributed by atoms with van der Waals surface area (Å²) in [6.45, 7) is 3.80. The van der Waals surface area contributed by atoms with Crippen molar-refractivity contribution in [3.05, 3.63) is 89.0 Å². The van der Waals surface area contributed by atoms with Crippen molar-refractivity contribution in [3.63, 3.8) is 0 Å². The Morgan fingerprint density at radius 1 is 0.839 bits per heavy atom. The Morgan fingerprint density at radius 3 is 2.13 bits per heavy atom. The number of para-hydroxylation sites is 1. The molecule has 0 heterocycles. The number of anilines is 2. The molecule has 3 aromatic carbocycles. The Balaban J connectivity index is 1.59. The molecule has 2 amide bonds. The molecule has 0 saturated heterocycles. The molecule has 0 radical (unpaired) electrons. The summed E-state index contributed by atoms with van der Waals surface area (Å²) in [5, 5.41) is 8.62. The number of rotatable bonds is 5. The van der Waals surface area contributed by atoms with Crippen LogP contribution in [-0.2, 0) is 0 Å². The van der Waals surface area contributed by atoms with Gasteiger partial charge in [-0.2, -0.15) is 0 Å². The molecule has 6 nitrogen and oxygen atoms in total. The van der Waals surface area contributed by atoms with Crippen molar-refractivity contribution in [2.75, 3.05) is 17.7 Å². The SMILES string of the molecule is COc1c(C)cccc1C(=O)NC(=S)Nc1ccc(NC(=O)c2cccc(C)c2)cc1. The van der Waals surface area contributed by atoms with E-state index in [0.29, 0.717) is 28.3 Å². The average Bonchev–Trinajstić information content (AvgIpc) is 2.74. The first kappa shape index (κ1) is 22.0. The molecule has 7 heteroatoms. The first-order valence-corrected chi connectivity index (χ1v) is 10.0. The molecule has 0 aliphatic carbocycles. The molecule has 0 aromatic heterocycles. The molecule has 0 bridgehead atoms. The molecule has 0 saturated carbocycles. The predicted molar refractivity (Wildman–Crippen MR) is 127 cm³/mol. The van der Waals surface area contributed by atoms with Gasteiger partial charge >= 0.3 is 0 Å². The van der Waals surface area contributed by atoms with Gasteiger partial charge in [0, 0.05) is 16.9 Å². The minimum absolute atomic E-state index is 0.158. The third-order valence-electron chi connectivity index (χ3n) is 4.57. The van der Waals surface area contributed by atoms with Gasteiger partial charge in [0.2, 0.25) is 0 Å². The van der Waals surface area contributed by atoms with Crippen molar-refractivity contribution in [3.8, 4) is 5.75 Å². The quantitative estimate of drug-likeness (QED) is 0.509. The maximum absolute atomic E-state index is 12.5. The summed E-state index contributed by atoms with van der Waals surface area (Å²) in [4.78, 5) is 24.9. The second-order valence-electron chi connectivity index (χ2n) is 6.96. The maximum Gasteiger partial charge on any atom is 0.261 e. The Kier molecular flexibility index (Phi) is 6.99. The molecule has 0 aliphatic heterocycles. The van der Waals surface area contributed by atoms with Gasteiger partial charge in [-0.15, -0.1) is 0 Å². The number of aryl methyl sites for hydroxylation is 2. The van der Waals surface area contributed by atoms with Crippen molar-refractivity contribution in [1.82, 2.24) is 5.32 Å². The van der Waals surface area contributed by atoms with E-state index in [1.807, 2.05) is 38.1 Å². The van der Waals surface area contributed by atoms with Crippen LogP contribution in [0.3, 0.4) is 0 Å². The topological polar surface area (TPSA) is 79.5 Å². The number of thiocarbonyl (C=S) groups is 1. The van der Waals surface area contributed by atoms with Gasteiger partial charge in [0.05, 0.1) is 12.7 Å². The van der Waals surface area contributed by atoms with Gasteiger partial charge in [0.25, 0.3) is 11.8 Å². The lowest BCUT2D eigenvalue weighted by Crippen LogP contribution is -2.34. The third kappa shape index (κ3) is 5.67. The van der Waals surface area contributed by atoms with Crippen LogP contribution in [-0.4, -0.2) is 24.0 Å². The van der Waals surface area contributed by atoms with Crippen LogP contribution < -0.4 is 20.7 Å². The molecule has 3 N–H and O–H groups in total. The summed E-state index contributed by atoms with van der Waals surface area (Å²) >= 11 is 5.25. The molecular weight excluding hydrogens is 410 g/mol. The summed E-state index contributed by atoms with van der Waals surface area (Å²) in [6.07, 6.45) is 0. The summed E-state index contributed by atoms with van der Waals surface area (Å²) in [5.41, 5.74) is 4.20. The van der Waals surface area contributed by atoms with Gasteiger partial charge in [0.15, 0.2) is 5.11 Å². The molecule has 0 spiro atoms. The molecule has 0 fully saturated rings. The molecule has 0 unspecified atom stereocenters. The number of benzene rings is 3. The van der Waals surface area contributed by atoms with Crippen LogP contribution in [0.2, 0.25) is 0 Å². The third-order valence-corrected chi connectivity index (χ3v) is 4.77. The summed E-state index contributed by atoms with van der Waals surface area (Å²) in [6, 6.07) is 19.7. The molecule has 0 aliphatic rings. The molecule has 3 aromatic rings. The maximum atomic E-state index is 12.5. The standard InChI is InChI=1S/C24H23N3O3S/c1-15-6-4-8-17(14-15)22(28)25-18-10-12-19(13-11-18)26-24(31)27-23(29)20-9-5-7-16(2)21(20)30-3/h4-14H,1-3H3,(H,25,28)(H2,26,27,29,31). The number of carbonyl (C=O) groups is 2. The first-order valence-electron chi connectivity index (χ1n) is 9.61. The summed E-state index contributed by atoms with van der Waals surface area (Å²) in [5.74, 6) is -0.0316. The highest BCUT2D eigenvalue weighted by molar-refractivity contribution is 7.80. The second kappa shape index (κ2) is 9.86. The highest BCUT2D eigenvalue weighted by Gasteiger charge is 2.15. The fraction of sp³-hybridized carbons (Fsp3) is 0.125. The lowest BCUT2D eigenvalue weighted by molar-refractivity contribution is 0.0973. The van der Waals surface area contributed by atoms with Crippen molar-refractivity contribution in [1.29, 1.82) is 0 Å². The molecule has 0 atom stereocenters. The zero-order valence-electron chi connectivity index (χ0n) is 17.5. The van der Waals surface area contributed by atoms with E-state index in [0.717, 1.165) is 11.1 Å². The Hall–Kier alpha value is -3.71. The van der Waals surface area contributed by atoms with Gasteiger partial charge in [-0.05, 0) is 74.1 Å². The summed E-state index contributed by atoms with van der Waals surface area (Å²) in [7, 11) is 1.52. The molecule has 158 valence electrons. The van der Waals surface area contributed by atoms with Crippen LogP contribution in [0.25, 0.3) is 0 Å². The Labute approximate surface area is 186 Å². The normalized spacial score (nSPS) is 10.2. The van der Waals surface area contributed by atoms with Crippen LogP contribution >= 0.6 is 12.2 Å². The lowest BCUT2D eigenvalue weighted by atomic mass is 10.1. The first-order chi connectivity index (χ1) is 14.9. The number of methoxy groups -OCH3 is 1. The van der Waals surface area contributed by atoms with Crippen molar-refractivity contribution in [2.45, 2.75) is 13.8 Å². The van der Waals surface area contributed by atoms with E-state index in [1.54, 1.807) is 42.5 Å². The lowest BCUT2D eigenvalue weighted by Gasteiger charge is -2.13. The van der Waals surface area contributed by atoms with Gasteiger partial charge in [-0.1, -0.05) is 29.8 Å². The van der Waals surface area contributed by atoms with Crippen LogP contribution in [0.1, 0.15) is 31.8 Å². The van der Waals surface area contributed by atoms with Gasteiger partial charge in [-0.25, -0.2) is 0 Å². The predicted octanol–water partition coefficient (Wildman–Crippen LogP) is 4.69. The van der Waals surface area contributed by atoms with E-state index in [1.165, 1.54) is 7.11 Å². The number of carbonyl (C=O) groups excluding carboxylic acids is 2. The van der Waals surface area contributed by atoms with Crippen molar-refractivity contribution < 1.29 is 14.3 Å². The average molecular weight is 434 g/mol. The minimum atomic E-state index is -0.361. The largest absolute Gasteiger partial charge is 0.496 e. The van der Waals surface area contributed by atoms with Gasteiger partial charge in [-0.3, -0.25) is 14.9 Å². The fourth-order valence-electron chi connectivity index (χ4n) is 3.06. The zero-order chi connectivity index (χ0) is 22.4. The smallest absolute Gasteiger partial charge is 0.261 e. The monoisotopic (exact) mass is 433 g/mol. The van der Waals surface area contributed by atoms with Crippen molar-refractivity contribution in [2.24, 2.45) is 0 Å². The fourth-order valence-corrected chi connectivity index (χ4v) is 3.27. The number of hydrogen-bond acceptors (Lipinski definition) is 4. The molecule has 31 heavy (non-hydrogen) atoms. The van der Waals surface area contributed by atoms with Crippen LogP contribution in [0, 0.1) is 13.8 Å². The number of ether oxygens (including phenoxy) is 1. The van der Waals surface area contributed by atoms with Gasteiger partial charge in [0.1, 0.15) is 5.75 Å². The minimum Gasteiger partial charge on any atom is -0.496 e. The summed E-state index contributed by atoms with van der Waals surface area (Å²) < 4.78 is 5.32. The number of nitrogens with one attached hydrogen (secondary N) is 3. The van der Waals surface area contributed by atoms with Crippen LogP contribution in [0.4, 0.5) is 11.4 Å². The van der Waals surface area contributed by atoms with E-state index in [2.05, 4.69) is 16.0 Å². The number of amides is 2. The highest BCUT2D eigenvalue weighted by Crippen LogP contribution is 2.23. The molecule has 3 rings (SSSR count).